The molecule has 0 unspecified atom stereocenters. The Morgan fingerprint density at radius 1 is 1.00 bits per heavy atom. The average Bonchev–Trinajstić information content (AvgIpc) is 3.24. The molecule has 6 nitrogen and oxygen atoms in total. The van der Waals surface area contributed by atoms with E-state index in [4.69, 9.17) is 0 Å². The zero-order chi connectivity index (χ0) is 18.2. The minimum Gasteiger partial charge on any atom is -0.336 e. The third-order valence-corrected chi connectivity index (χ3v) is 5.82. The predicted molar refractivity (Wildman–Crippen MR) is 103 cm³/mol. The number of carbonyl (C=O) groups excluding carboxylic acids is 1. The zero-order valence-corrected chi connectivity index (χ0v) is 15.3. The van der Waals surface area contributed by atoms with Crippen LogP contribution in [0.3, 0.4) is 0 Å². The summed E-state index contributed by atoms with van der Waals surface area (Å²) in [6.45, 7) is 3.52. The quantitative estimate of drug-likeness (QED) is 0.701. The van der Waals surface area contributed by atoms with Gasteiger partial charge in [-0.2, -0.15) is 5.10 Å². The molecule has 0 radical (unpaired) electrons. The van der Waals surface area contributed by atoms with E-state index in [0.29, 0.717) is 17.4 Å². The molecule has 5 rings (SSSR count). The van der Waals surface area contributed by atoms with Gasteiger partial charge < -0.3 is 4.90 Å². The number of rotatable bonds is 2. The van der Waals surface area contributed by atoms with Crippen molar-refractivity contribution in [1.29, 1.82) is 0 Å². The van der Waals surface area contributed by atoms with Crippen molar-refractivity contribution in [3.8, 4) is 0 Å². The molecule has 0 spiro atoms. The molecular weight excluding hydrogens is 338 g/mol. The first kappa shape index (κ1) is 16.4. The first-order valence-electron chi connectivity index (χ1n) is 9.68. The predicted octanol–water partition coefficient (Wildman–Crippen LogP) is 2.04. The first-order valence-corrected chi connectivity index (χ1v) is 9.68. The zero-order valence-electron chi connectivity index (χ0n) is 15.3. The highest BCUT2D eigenvalue weighted by Crippen LogP contribution is 2.26. The van der Waals surface area contributed by atoms with Gasteiger partial charge in [-0.25, -0.2) is 9.50 Å². The summed E-state index contributed by atoms with van der Waals surface area (Å²) in [5, 5.41) is 4.39. The van der Waals surface area contributed by atoms with E-state index in [9.17, 15) is 4.79 Å². The lowest BCUT2D eigenvalue weighted by Gasteiger charge is -2.27. The molecule has 2 aromatic heterocycles. The maximum Gasteiger partial charge on any atom is 0.274 e. The summed E-state index contributed by atoms with van der Waals surface area (Å²) in [6, 6.07) is 12.9. The second-order valence-corrected chi connectivity index (χ2v) is 7.46. The fraction of sp³-hybridized carbons (Fsp3) is 0.381. The second-order valence-electron chi connectivity index (χ2n) is 7.46. The van der Waals surface area contributed by atoms with Crippen LogP contribution in [0.5, 0.6) is 0 Å². The topological polar surface area (TPSA) is 53.7 Å². The lowest BCUT2D eigenvalue weighted by atomic mass is 10.1. The van der Waals surface area contributed by atoms with E-state index in [1.807, 2.05) is 17.2 Å². The van der Waals surface area contributed by atoms with E-state index in [1.165, 1.54) is 11.1 Å². The first-order chi connectivity index (χ1) is 13.3. The Labute approximate surface area is 158 Å². The minimum atomic E-state index is 0.0112. The van der Waals surface area contributed by atoms with Gasteiger partial charge in [0.15, 0.2) is 11.3 Å². The third-order valence-electron chi connectivity index (χ3n) is 5.82. The molecule has 138 valence electrons. The lowest BCUT2D eigenvalue weighted by Crippen LogP contribution is -2.40. The van der Waals surface area contributed by atoms with Crippen molar-refractivity contribution in [3.05, 3.63) is 65.6 Å². The smallest absolute Gasteiger partial charge is 0.274 e. The molecule has 0 saturated carbocycles. The second kappa shape index (κ2) is 6.78. The Kier molecular flexibility index (Phi) is 4.13. The van der Waals surface area contributed by atoms with Gasteiger partial charge >= 0.3 is 0 Å². The van der Waals surface area contributed by atoms with E-state index in [2.05, 4.69) is 39.2 Å². The van der Waals surface area contributed by atoms with Crippen LogP contribution in [0.4, 0.5) is 0 Å². The highest BCUT2D eigenvalue weighted by molar-refractivity contribution is 5.93. The molecule has 0 bridgehead atoms. The van der Waals surface area contributed by atoms with Gasteiger partial charge in [0.25, 0.3) is 5.91 Å². The van der Waals surface area contributed by atoms with Crippen LogP contribution in [0, 0.1) is 0 Å². The normalized spacial score (nSPS) is 18.6. The SMILES string of the molecule is O=C(c1cc2ncccn2n1)N1CCCN(C2Cc3ccccc3C2)CC1. The number of hydrogen-bond donors (Lipinski definition) is 0. The number of aromatic nitrogens is 3. The molecule has 1 fully saturated rings. The molecule has 3 heterocycles. The largest absolute Gasteiger partial charge is 0.336 e. The average molecular weight is 361 g/mol. The summed E-state index contributed by atoms with van der Waals surface area (Å²) in [6.07, 6.45) is 6.80. The van der Waals surface area contributed by atoms with Crippen molar-refractivity contribution < 1.29 is 4.79 Å². The van der Waals surface area contributed by atoms with Crippen LogP contribution in [0.15, 0.2) is 48.8 Å². The minimum absolute atomic E-state index is 0.0112. The summed E-state index contributed by atoms with van der Waals surface area (Å²) < 4.78 is 1.66. The Morgan fingerprint density at radius 3 is 2.59 bits per heavy atom. The van der Waals surface area contributed by atoms with E-state index in [-0.39, 0.29) is 5.91 Å². The van der Waals surface area contributed by atoms with Crippen LogP contribution >= 0.6 is 0 Å². The molecule has 1 saturated heterocycles. The highest BCUT2D eigenvalue weighted by Gasteiger charge is 2.29. The molecule has 1 aromatic carbocycles. The number of fused-ring (bicyclic) bond motifs is 2. The lowest BCUT2D eigenvalue weighted by molar-refractivity contribution is 0.0752. The summed E-state index contributed by atoms with van der Waals surface area (Å²) in [5.74, 6) is 0.0112. The standard InChI is InChI=1S/C21H23N5O/c27-21(19-15-20-22-7-3-10-26(20)23-19)25-9-4-8-24(11-12-25)18-13-16-5-1-2-6-17(16)14-18/h1-3,5-7,10,15,18H,4,8-9,11-14H2. The van der Waals surface area contributed by atoms with Crippen molar-refractivity contribution in [2.75, 3.05) is 26.2 Å². The third kappa shape index (κ3) is 3.10. The molecule has 1 aliphatic carbocycles. The molecule has 2 aliphatic rings. The molecular formula is C21H23N5O. The van der Waals surface area contributed by atoms with Gasteiger partial charge in [0.2, 0.25) is 0 Å². The van der Waals surface area contributed by atoms with Gasteiger partial charge in [0.1, 0.15) is 0 Å². The van der Waals surface area contributed by atoms with Crippen LogP contribution in [0.25, 0.3) is 5.65 Å². The molecule has 0 N–H and O–H groups in total. The van der Waals surface area contributed by atoms with Crippen molar-refractivity contribution in [1.82, 2.24) is 24.4 Å². The summed E-state index contributed by atoms with van der Waals surface area (Å²) >= 11 is 0. The van der Waals surface area contributed by atoms with Crippen molar-refractivity contribution in [3.63, 3.8) is 0 Å². The van der Waals surface area contributed by atoms with Crippen LogP contribution in [-0.2, 0) is 12.8 Å². The fourth-order valence-corrected chi connectivity index (χ4v) is 4.40. The van der Waals surface area contributed by atoms with Gasteiger partial charge in [-0.15, -0.1) is 0 Å². The molecule has 27 heavy (non-hydrogen) atoms. The van der Waals surface area contributed by atoms with Gasteiger partial charge in [-0.1, -0.05) is 24.3 Å². The van der Waals surface area contributed by atoms with E-state index in [0.717, 1.165) is 45.4 Å². The molecule has 1 amide bonds. The fourth-order valence-electron chi connectivity index (χ4n) is 4.40. The molecule has 0 atom stereocenters. The summed E-state index contributed by atoms with van der Waals surface area (Å²) in [7, 11) is 0. The van der Waals surface area contributed by atoms with Gasteiger partial charge in [0.05, 0.1) is 0 Å². The van der Waals surface area contributed by atoms with E-state index < -0.39 is 0 Å². The van der Waals surface area contributed by atoms with E-state index >= 15 is 0 Å². The molecule has 3 aromatic rings. The molecule has 1 aliphatic heterocycles. The van der Waals surface area contributed by atoms with Crippen molar-refractivity contribution >= 4 is 11.6 Å². The highest BCUT2D eigenvalue weighted by atomic mass is 16.2. The van der Waals surface area contributed by atoms with E-state index in [1.54, 1.807) is 16.8 Å². The number of carbonyl (C=O) groups is 1. The van der Waals surface area contributed by atoms with Crippen LogP contribution in [-0.4, -0.2) is 62.5 Å². The number of amides is 1. The summed E-state index contributed by atoms with van der Waals surface area (Å²) in [5.41, 5.74) is 4.16. The monoisotopic (exact) mass is 361 g/mol. The Morgan fingerprint density at radius 2 is 1.81 bits per heavy atom. The number of hydrogen-bond acceptors (Lipinski definition) is 4. The number of nitrogens with zero attached hydrogens (tertiary/aromatic N) is 5. The van der Waals surface area contributed by atoms with Crippen LogP contribution < -0.4 is 0 Å². The molecule has 6 heteroatoms. The van der Waals surface area contributed by atoms with Gasteiger partial charge in [-0.3, -0.25) is 9.69 Å². The summed E-state index contributed by atoms with van der Waals surface area (Å²) in [4.78, 5) is 21.7. The number of benzene rings is 1. The maximum absolute atomic E-state index is 12.9. The Balaban J connectivity index is 1.27. The Hall–Kier alpha value is -2.73. The maximum atomic E-state index is 12.9. The van der Waals surface area contributed by atoms with Crippen LogP contribution in [0.1, 0.15) is 28.0 Å². The van der Waals surface area contributed by atoms with Gasteiger partial charge in [-0.05, 0) is 36.5 Å². The van der Waals surface area contributed by atoms with Crippen LogP contribution in [0.2, 0.25) is 0 Å². The van der Waals surface area contributed by atoms with Crippen molar-refractivity contribution in [2.45, 2.75) is 25.3 Å². The van der Waals surface area contributed by atoms with Gasteiger partial charge in [0, 0.05) is 50.7 Å². The van der Waals surface area contributed by atoms with Crippen molar-refractivity contribution in [2.24, 2.45) is 0 Å². The Bertz CT molecular complexity index is 923.